The van der Waals surface area contributed by atoms with E-state index in [4.69, 9.17) is 4.98 Å². The maximum Gasteiger partial charge on any atom is 0.274 e. The average Bonchev–Trinajstić information content (AvgIpc) is 2.79. The van der Waals surface area contributed by atoms with Gasteiger partial charge in [0, 0.05) is 44.2 Å². The van der Waals surface area contributed by atoms with Gasteiger partial charge in [0.2, 0.25) is 5.91 Å². The molecule has 0 aliphatic carbocycles. The fourth-order valence-electron chi connectivity index (χ4n) is 3.71. The normalized spacial score (nSPS) is 13.9. The molecule has 6 nitrogen and oxygen atoms in total. The minimum absolute atomic E-state index is 0.0380. The Morgan fingerprint density at radius 2 is 1.23 bits per heavy atom. The molecule has 2 amide bonds. The van der Waals surface area contributed by atoms with Gasteiger partial charge in [0.25, 0.3) is 5.91 Å². The molecule has 0 atom stereocenters. The van der Waals surface area contributed by atoms with Crippen molar-refractivity contribution in [3.63, 3.8) is 0 Å². The number of piperazine rings is 1. The second-order valence-electron chi connectivity index (χ2n) is 7.98. The largest absolute Gasteiger partial charge is 0.339 e. The summed E-state index contributed by atoms with van der Waals surface area (Å²) in [6.07, 6.45) is 1.56. The zero-order valence-corrected chi connectivity index (χ0v) is 18.1. The molecule has 1 aromatic heterocycles. The molecule has 1 fully saturated rings. The van der Waals surface area contributed by atoms with Crippen LogP contribution in [0.3, 0.4) is 0 Å². The molecule has 0 unspecified atom stereocenters. The summed E-state index contributed by atoms with van der Waals surface area (Å²) in [5, 5.41) is 0. The number of aromatic nitrogens is 2. The van der Waals surface area contributed by atoms with Crippen molar-refractivity contribution < 1.29 is 9.59 Å². The van der Waals surface area contributed by atoms with Gasteiger partial charge in [0.05, 0.1) is 17.6 Å². The first kappa shape index (κ1) is 20.7. The van der Waals surface area contributed by atoms with Gasteiger partial charge < -0.3 is 9.80 Å². The van der Waals surface area contributed by atoms with Gasteiger partial charge in [0.1, 0.15) is 5.69 Å². The fourth-order valence-corrected chi connectivity index (χ4v) is 3.71. The highest BCUT2D eigenvalue weighted by atomic mass is 16.2. The maximum atomic E-state index is 13.1. The summed E-state index contributed by atoms with van der Waals surface area (Å²) in [7, 11) is 0. The minimum Gasteiger partial charge on any atom is -0.339 e. The van der Waals surface area contributed by atoms with Crippen LogP contribution in [0.5, 0.6) is 0 Å². The second-order valence-corrected chi connectivity index (χ2v) is 7.98. The molecule has 1 aliphatic heterocycles. The number of hydrogen-bond donors (Lipinski definition) is 0. The maximum absolute atomic E-state index is 13.1. The number of rotatable bonds is 3. The molecule has 1 saturated heterocycles. The molecular formula is C25H26N4O2. The quantitative estimate of drug-likeness (QED) is 0.655. The molecule has 1 aliphatic rings. The number of carbonyl (C=O) groups excluding carboxylic acids is 2. The predicted octanol–water partition coefficient (Wildman–Crippen LogP) is 3.73. The standard InChI is InChI=1S/C25H26N4O2/c1-17-4-8-20(9-5-17)23-24(21-10-6-18(2)7-11-21)27-22(16-26-23)25(31)29-14-12-28(13-15-29)19(3)30/h4-11,16H,12-15H2,1-3H3. The monoisotopic (exact) mass is 414 g/mol. The van der Waals surface area contributed by atoms with Crippen molar-refractivity contribution in [3.8, 4) is 22.5 Å². The molecule has 0 radical (unpaired) electrons. The van der Waals surface area contributed by atoms with Crippen LogP contribution in [0.1, 0.15) is 28.5 Å². The van der Waals surface area contributed by atoms with Crippen molar-refractivity contribution in [3.05, 3.63) is 71.5 Å². The summed E-state index contributed by atoms with van der Waals surface area (Å²) in [5.74, 6) is -0.115. The number of amides is 2. The SMILES string of the molecule is CC(=O)N1CCN(C(=O)c2cnc(-c3ccc(C)cc3)c(-c3ccc(C)cc3)n2)CC1. The van der Waals surface area contributed by atoms with E-state index in [2.05, 4.69) is 4.98 Å². The number of carbonyl (C=O) groups is 2. The van der Waals surface area contributed by atoms with Gasteiger partial charge in [-0.3, -0.25) is 14.6 Å². The van der Waals surface area contributed by atoms with E-state index < -0.39 is 0 Å². The van der Waals surface area contributed by atoms with Crippen LogP contribution in [0.4, 0.5) is 0 Å². The summed E-state index contributed by atoms with van der Waals surface area (Å²) < 4.78 is 0. The lowest BCUT2D eigenvalue weighted by Gasteiger charge is -2.34. The molecular weight excluding hydrogens is 388 g/mol. The van der Waals surface area contributed by atoms with Crippen LogP contribution in [0.2, 0.25) is 0 Å². The smallest absolute Gasteiger partial charge is 0.274 e. The highest BCUT2D eigenvalue weighted by molar-refractivity contribution is 5.93. The molecule has 0 bridgehead atoms. The van der Waals surface area contributed by atoms with Gasteiger partial charge in [-0.15, -0.1) is 0 Å². The van der Waals surface area contributed by atoms with Crippen LogP contribution >= 0.6 is 0 Å². The summed E-state index contributed by atoms with van der Waals surface area (Å²) in [6, 6.07) is 16.2. The van der Waals surface area contributed by atoms with Crippen LogP contribution in [0.15, 0.2) is 54.7 Å². The number of hydrogen-bond acceptors (Lipinski definition) is 4. The molecule has 0 N–H and O–H groups in total. The van der Waals surface area contributed by atoms with E-state index in [1.807, 2.05) is 62.4 Å². The average molecular weight is 415 g/mol. The lowest BCUT2D eigenvalue weighted by Crippen LogP contribution is -2.50. The Morgan fingerprint density at radius 1 is 0.742 bits per heavy atom. The van der Waals surface area contributed by atoms with E-state index in [0.717, 1.165) is 22.4 Å². The van der Waals surface area contributed by atoms with E-state index in [1.165, 1.54) is 5.56 Å². The summed E-state index contributed by atoms with van der Waals surface area (Å²) in [4.78, 5) is 37.6. The van der Waals surface area contributed by atoms with Gasteiger partial charge in [-0.1, -0.05) is 59.7 Å². The van der Waals surface area contributed by atoms with Gasteiger partial charge in [-0.25, -0.2) is 4.98 Å². The number of benzene rings is 2. The highest BCUT2D eigenvalue weighted by Gasteiger charge is 2.25. The van der Waals surface area contributed by atoms with Crippen LogP contribution in [-0.2, 0) is 4.79 Å². The minimum atomic E-state index is -0.153. The first-order valence-corrected chi connectivity index (χ1v) is 10.5. The molecule has 3 aromatic rings. The van der Waals surface area contributed by atoms with Crippen molar-refractivity contribution >= 4 is 11.8 Å². The van der Waals surface area contributed by atoms with E-state index in [0.29, 0.717) is 37.6 Å². The van der Waals surface area contributed by atoms with Crippen LogP contribution in [0.25, 0.3) is 22.5 Å². The zero-order chi connectivity index (χ0) is 22.0. The Kier molecular flexibility index (Phi) is 5.80. The van der Waals surface area contributed by atoms with Gasteiger partial charge in [0.15, 0.2) is 0 Å². The molecule has 0 saturated carbocycles. The van der Waals surface area contributed by atoms with Crippen molar-refractivity contribution in [2.75, 3.05) is 26.2 Å². The number of nitrogens with zero attached hydrogens (tertiary/aromatic N) is 4. The summed E-state index contributed by atoms with van der Waals surface area (Å²) in [6.45, 7) is 7.72. The van der Waals surface area contributed by atoms with Crippen LogP contribution in [0, 0.1) is 13.8 Å². The summed E-state index contributed by atoms with van der Waals surface area (Å²) >= 11 is 0. The molecule has 2 aromatic carbocycles. The molecule has 2 heterocycles. The Morgan fingerprint density at radius 3 is 1.74 bits per heavy atom. The Labute approximate surface area is 182 Å². The van der Waals surface area contributed by atoms with Crippen LogP contribution in [-0.4, -0.2) is 57.8 Å². The molecule has 4 rings (SSSR count). The fraction of sp³-hybridized carbons (Fsp3) is 0.280. The second kappa shape index (κ2) is 8.68. The van der Waals surface area contributed by atoms with E-state index in [-0.39, 0.29) is 11.8 Å². The third-order valence-corrected chi connectivity index (χ3v) is 5.65. The van der Waals surface area contributed by atoms with Gasteiger partial charge in [-0.05, 0) is 13.8 Å². The predicted molar refractivity (Wildman–Crippen MR) is 121 cm³/mol. The number of aryl methyl sites for hydroxylation is 2. The molecule has 6 heteroatoms. The Hall–Kier alpha value is -3.54. The van der Waals surface area contributed by atoms with Crippen molar-refractivity contribution in [2.24, 2.45) is 0 Å². The third kappa shape index (κ3) is 4.48. The lowest BCUT2D eigenvalue weighted by molar-refractivity contribution is -0.130. The van der Waals surface area contributed by atoms with Crippen molar-refractivity contribution in [2.45, 2.75) is 20.8 Å². The van der Waals surface area contributed by atoms with E-state index in [9.17, 15) is 9.59 Å². The molecule has 158 valence electrons. The Balaban J connectivity index is 1.69. The van der Waals surface area contributed by atoms with Gasteiger partial charge in [-0.2, -0.15) is 0 Å². The zero-order valence-electron chi connectivity index (χ0n) is 18.1. The first-order valence-electron chi connectivity index (χ1n) is 10.5. The third-order valence-electron chi connectivity index (χ3n) is 5.65. The lowest BCUT2D eigenvalue weighted by atomic mass is 10.0. The Bertz CT molecular complexity index is 1100. The highest BCUT2D eigenvalue weighted by Crippen LogP contribution is 2.29. The molecule has 31 heavy (non-hydrogen) atoms. The van der Waals surface area contributed by atoms with E-state index >= 15 is 0 Å². The first-order chi connectivity index (χ1) is 14.9. The van der Waals surface area contributed by atoms with Crippen molar-refractivity contribution in [1.82, 2.24) is 19.8 Å². The molecule has 0 spiro atoms. The topological polar surface area (TPSA) is 66.4 Å². The van der Waals surface area contributed by atoms with E-state index in [1.54, 1.807) is 22.9 Å². The van der Waals surface area contributed by atoms with Gasteiger partial charge >= 0.3 is 0 Å². The van der Waals surface area contributed by atoms with Crippen molar-refractivity contribution in [1.29, 1.82) is 0 Å². The van der Waals surface area contributed by atoms with Crippen LogP contribution < -0.4 is 0 Å². The summed E-state index contributed by atoms with van der Waals surface area (Å²) in [5.41, 5.74) is 5.98.